The van der Waals surface area contributed by atoms with Gasteiger partial charge in [-0.15, -0.1) is 0 Å². The Morgan fingerprint density at radius 1 is 0.383 bits per heavy atom. The van der Waals surface area contributed by atoms with E-state index in [4.69, 9.17) is 27.1 Å². The molecule has 0 radical (unpaired) electrons. The van der Waals surface area contributed by atoms with Crippen LogP contribution in [-0.4, -0.2) is 37.4 Å². The number of aryl methyl sites for hydroxylation is 1. The number of fused-ring (bicyclic) bond motifs is 10. The zero-order valence-corrected chi connectivity index (χ0v) is 67.2. The molecule has 0 amide bonds. The van der Waals surface area contributed by atoms with E-state index in [9.17, 15) is 19.2 Å². The summed E-state index contributed by atoms with van der Waals surface area (Å²) in [6.07, 6.45) is 1.99. The normalized spacial score (nSPS) is 14.0. The maximum absolute atomic E-state index is 14.7. The molecule has 0 N–H and O–H groups in total. The fourth-order valence-electron chi connectivity index (χ4n) is 17.6. The minimum atomic E-state index is -0.605. The lowest BCUT2D eigenvalue weighted by Crippen LogP contribution is -2.44. The van der Waals surface area contributed by atoms with Crippen LogP contribution >= 0.6 is 0 Å². The number of rotatable bonds is 14. The summed E-state index contributed by atoms with van der Waals surface area (Å²) >= 11 is 0. The molecule has 4 aromatic heterocycles. The molecule has 0 saturated carbocycles. The van der Waals surface area contributed by atoms with Crippen LogP contribution in [0.25, 0.3) is 166 Å². The van der Waals surface area contributed by atoms with Crippen molar-refractivity contribution in [1.82, 2.24) is 0 Å². The molecule has 12 heteroatoms. The first-order valence-corrected chi connectivity index (χ1v) is 40.0. The summed E-state index contributed by atoms with van der Waals surface area (Å²) in [7, 11) is 0. The molecule has 0 bridgehead atoms. The number of anilines is 2. The van der Waals surface area contributed by atoms with Gasteiger partial charge in [-0.1, -0.05) is 155 Å². The van der Waals surface area contributed by atoms with Gasteiger partial charge in [0.05, 0.1) is 27.6 Å². The zero-order chi connectivity index (χ0) is 79.9. The van der Waals surface area contributed by atoms with Gasteiger partial charge in [-0.3, -0.25) is 0 Å². The zero-order valence-electron chi connectivity index (χ0n) is 67.2. The molecule has 572 valence electrons. The molecule has 16 aromatic rings. The lowest BCUT2D eigenvalue weighted by molar-refractivity contribution is 0.122. The predicted molar refractivity (Wildman–Crippen MR) is 471 cm³/mol. The Balaban J connectivity index is 0.821. The van der Waals surface area contributed by atoms with E-state index in [0.29, 0.717) is 78.2 Å². The second-order valence-electron chi connectivity index (χ2n) is 34.4. The molecular formula is C103H90N2O10. The Hall–Kier alpha value is -12.8. The number of benzene rings is 12. The van der Waals surface area contributed by atoms with Gasteiger partial charge < -0.3 is 36.9 Å². The maximum atomic E-state index is 14.7. The largest absolute Gasteiger partial charge is 0.488 e. The van der Waals surface area contributed by atoms with Gasteiger partial charge in [-0.05, 0) is 282 Å². The molecule has 0 aliphatic carbocycles. The van der Waals surface area contributed by atoms with Crippen molar-refractivity contribution in [2.75, 3.05) is 36.0 Å². The van der Waals surface area contributed by atoms with Crippen LogP contribution in [0.4, 0.5) is 11.4 Å². The standard InChI is InChI=1S/C103H90N2O10/c1-14-104(15-2)75-37-38-77-59(3)91(99(109)111-88(77)54-75)67-28-22-25-64(45-67)71-48-70(63-24-21-27-66(44-63)84-58-86-89(110-96(84)106)55-76(114-100(4,5)6)56-90(86)115-101(7,8)9)50-73(51-71)72-47-68(60-33-35-61(36-34-60)82-52-74-53-87-93-92(94(74)112-97(82)107)103(12,13)40-42-105(93)41-39-102(87,10)11)46-69(49-72)62-23-20-26-65(43-62)83-57-85-80-31-17-16-29-78(80)79-30-18-19-32-81(79)95(85)113-98(83)108/h16-38,43-58H,14-15,39-42H2,1-13H3. The van der Waals surface area contributed by atoms with E-state index in [1.165, 1.54) is 11.3 Å². The molecule has 2 aliphatic rings. The summed E-state index contributed by atoms with van der Waals surface area (Å²) in [4.78, 5) is 63.2. The first kappa shape index (κ1) is 73.7. The van der Waals surface area contributed by atoms with Crippen LogP contribution in [0.3, 0.4) is 0 Å². The molecule has 0 unspecified atom stereocenters. The predicted octanol–water partition coefficient (Wildman–Crippen LogP) is 25.1. The van der Waals surface area contributed by atoms with Crippen LogP contribution in [0.1, 0.15) is 113 Å². The van der Waals surface area contributed by atoms with Gasteiger partial charge >= 0.3 is 22.5 Å². The van der Waals surface area contributed by atoms with E-state index >= 15 is 0 Å². The average molecular weight is 1520 g/mol. The third kappa shape index (κ3) is 13.4. The molecule has 6 heterocycles. The van der Waals surface area contributed by atoms with E-state index in [-0.39, 0.29) is 16.5 Å². The second-order valence-corrected chi connectivity index (χ2v) is 34.4. The summed E-state index contributed by atoms with van der Waals surface area (Å²) in [5.74, 6) is 1.03. The van der Waals surface area contributed by atoms with Gasteiger partial charge in [0.1, 0.15) is 45.0 Å². The molecule has 12 nitrogen and oxygen atoms in total. The van der Waals surface area contributed by atoms with E-state index < -0.39 is 28.1 Å². The molecular weight excluding hydrogens is 1430 g/mol. The lowest BCUT2D eigenvalue weighted by Gasteiger charge is -2.48. The van der Waals surface area contributed by atoms with Crippen molar-refractivity contribution >= 4 is 76.8 Å². The van der Waals surface area contributed by atoms with E-state index in [0.717, 1.165) is 155 Å². The highest BCUT2D eigenvalue weighted by Gasteiger charge is 2.42. The number of nitrogens with zero attached hydrogens (tertiary/aromatic N) is 2. The van der Waals surface area contributed by atoms with Crippen molar-refractivity contribution in [3.63, 3.8) is 0 Å². The van der Waals surface area contributed by atoms with E-state index in [2.05, 4.69) is 154 Å². The van der Waals surface area contributed by atoms with Crippen molar-refractivity contribution < 1.29 is 27.1 Å². The monoisotopic (exact) mass is 1510 g/mol. The highest BCUT2D eigenvalue weighted by Crippen LogP contribution is 2.53. The summed E-state index contributed by atoms with van der Waals surface area (Å²) < 4.78 is 38.4. The average Bonchev–Trinajstić information content (AvgIpc) is 0.734. The Morgan fingerprint density at radius 2 is 0.835 bits per heavy atom. The molecule has 2 aliphatic heterocycles. The fraction of sp³-hybridized carbons (Fsp3) is 0.223. The third-order valence-corrected chi connectivity index (χ3v) is 23.5. The molecule has 12 aromatic carbocycles. The fourth-order valence-corrected chi connectivity index (χ4v) is 17.6. The highest BCUT2D eigenvalue weighted by atomic mass is 16.5. The van der Waals surface area contributed by atoms with Crippen LogP contribution in [0.5, 0.6) is 11.5 Å². The van der Waals surface area contributed by atoms with Gasteiger partial charge in [0, 0.05) is 82.9 Å². The quantitative estimate of drug-likeness (QED) is 0.0754. The van der Waals surface area contributed by atoms with Crippen molar-refractivity contribution in [2.24, 2.45) is 0 Å². The van der Waals surface area contributed by atoms with E-state index in [1.54, 1.807) is 6.07 Å². The van der Waals surface area contributed by atoms with Crippen molar-refractivity contribution in [3.05, 3.63) is 295 Å². The first-order valence-electron chi connectivity index (χ1n) is 40.0. The molecule has 0 saturated heterocycles. The molecule has 18 rings (SSSR count). The molecule has 0 fully saturated rings. The Kier molecular flexibility index (Phi) is 17.8. The topological polar surface area (TPSA) is 146 Å². The summed E-state index contributed by atoms with van der Waals surface area (Å²) in [5.41, 5.74) is 17.3. The molecule has 0 spiro atoms. The van der Waals surface area contributed by atoms with E-state index in [1.807, 2.05) is 176 Å². The smallest absolute Gasteiger partial charge is 0.344 e. The van der Waals surface area contributed by atoms with Crippen molar-refractivity contribution in [1.29, 1.82) is 0 Å². The second kappa shape index (κ2) is 27.8. The SMILES string of the molecule is CCN(CC)c1ccc2c(C)c(-c3cccc(-c4cc(-c5cc(-c6ccc(-c7cc8cc9c%10c(c8oc7=O)C(C)(C)CCN%10CCC9(C)C)cc6)cc(-c6cccc(-c7cc8c9ccccc9c9ccccc9c8oc7=O)c6)c5)cc(-c5cccc(-c6cc7c(OC(C)(C)C)cc(OC(C)(C)C)cc7oc6=O)c5)c4)c3)c(=O)oc2c1. The van der Waals surface area contributed by atoms with Crippen LogP contribution < -0.4 is 41.8 Å². The highest BCUT2D eigenvalue weighted by molar-refractivity contribution is 6.24. The Morgan fingerprint density at radius 3 is 1.42 bits per heavy atom. The summed E-state index contributed by atoms with van der Waals surface area (Å²) in [6.45, 7) is 30.8. The number of hydrogen-bond donors (Lipinski definition) is 0. The van der Waals surface area contributed by atoms with Crippen molar-refractivity contribution in [3.8, 4) is 112 Å². The minimum Gasteiger partial charge on any atom is -0.488 e. The number of ether oxygens (including phenoxy) is 2. The minimum absolute atomic E-state index is 0.0714. The van der Waals surface area contributed by atoms with Gasteiger partial charge in [0.2, 0.25) is 0 Å². The van der Waals surface area contributed by atoms with Crippen LogP contribution in [-0.2, 0) is 10.8 Å². The van der Waals surface area contributed by atoms with Crippen LogP contribution in [0, 0.1) is 6.92 Å². The number of hydrogen-bond acceptors (Lipinski definition) is 12. The third-order valence-electron chi connectivity index (χ3n) is 23.5. The molecule has 115 heavy (non-hydrogen) atoms. The van der Waals surface area contributed by atoms with Gasteiger partial charge in [0.15, 0.2) is 0 Å². The van der Waals surface area contributed by atoms with Gasteiger partial charge in [0.25, 0.3) is 0 Å². The van der Waals surface area contributed by atoms with Gasteiger partial charge in [-0.2, -0.15) is 0 Å². The first-order chi connectivity index (χ1) is 55.1. The summed E-state index contributed by atoms with van der Waals surface area (Å²) in [6, 6.07) is 79.5. The van der Waals surface area contributed by atoms with Crippen LogP contribution in [0.15, 0.2) is 273 Å². The van der Waals surface area contributed by atoms with Crippen LogP contribution in [0.2, 0.25) is 0 Å². The summed E-state index contributed by atoms with van der Waals surface area (Å²) in [5, 5.41) is 7.14. The maximum Gasteiger partial charge on any atom is 0.344 e. The Bertz CT molecular complexity index is 6970. The lowest BCUT2D eigenvalue weighted by atomic mass is 9.69. The van der Waals surface area contributed by atoms with Gasteiger partial charge in [-0.25, -0.2) is 19.2 Å². The Labute approximate surface area is 667 Å². The molecule has 0 atom stereocenters. The van der Waals surface area contributed by atoms with Crippen molar-refractivity contribution in [2.45, 2.75) is 125 Å².